The predicted octanol–water partition coefficient (Wildman–Crippen LogP) is 4.64. The molecule has 0 aliphatic rings. The highest BCUT2D eigenvalue weighted by Gasteiger charge is 2.13. The van der Waals surface area contributed by atoms with Crippen LogP contribution in [0.4, 0.5) is 0 Å². The second kappa shape index (κ2) is 9.71. The third kappa shape index (κ3) is 5.24. The molecule has 0 atom stereocenters. The van der Waals surface area contributed by atoms with Crippen molar-refractivity contribution < 1.29 is 19.1 Å². The summed E-state index contributed by atoms with van der Waals surface area (Å²) in [5, 5.41) is 4.51. The van der Waals surface area contributed by atoms with E-state index in [4.69, 9.17) is 21.1 Å². The van der Waals surface area contributed by atoms with Crippen molar-refractivity contribution in [3.63, 3.8) is 0 Å². The molecule has 0 bridgehead atoms. The summed E-state index contributed by atoms with van der Waals surface area (Å²) in [4.78, 5) is 24.5. The maximum absolute atomic E-state index is 12.3. The van der Waals surface area contributed by atoms with E-state index >= 15 is 0 Å². The maximum Gasteiger partial charge on any atom is 0.343 e. The lowest BCUT2D eigenvalue weighted by Gasteiger charge is -2.10. The highest BCUT2D eigenvalue weighted by molar-refractivity contribution is 6.30. The predicted molar refractivity (Wildman–Crippen MR) is 116 cm³/mol. The number of halogens is 1. The molecule has 6 nitrogen and oxygen atoms in total. The van der Waals surface area contributed by atoms with Gasteiger partial charge < -0.3 is 9.47 Å². The standard InChI is InChI=1S/C23H19ClN2O4/c1-15-5-3-4-6-19(15)22(27)26-25-14-16-7-12-20(21(13-16)29-2)30-23(28)17-8-10-18(24)11-9-17/h3-14H,1-2H3,(H,26,27). The Kier molecular flexibility index (Phi) is 6.83. The highest BCUT2D eigenvalue weighted by atomic mass is 35.5. The van der Waals surface area contributed by atoms with Crippen LogP contribution < -0.4 is 14.9 Å². The summed E-state index contributed by atoms with van der Waals surface area (Å²) in [7, 11) is 1.47. The number of aryl methyl sites for hydroxylation is 1. The lowest BCUT2D eigenvalue weighted by atomic mass is 10.1. The molecule has 0 saturated carbocycles. The zero-order valence-electron chi connectivity index (χ0n) is 16.4. The van der Waals surface area contributed by atoms with Crippen molar-refractivity contribution in [3.05, 3.63) is 94.0 Å². The molecule has 0 unspecified atom stereocenters. The summed E-state index contributed by atoms with van der Waals surface area (Å²) in [6, 6.07) is 18.6. The number of benzene rings is 3. The lowest BCUT2D eigenvalue weighted by molar-refractivity contribution is 0.0729. The second-order valence-electron chi connectivity index (χ2n) is 6.32. The van der Waals surface area contributed by atoms with Gasteiger partial charge >= 0.3 is 5.97 Å². The first-order chi connectivity index (χ1) is 14.5. The monoisotopic (exact) mass is 422 g/mol. The number of methoxy groups -OCH3 is 1. The van der Waals surface area contributed by atoms with Gasteiger partial charge in [0.15, 0.2) is 11.5 Å². The summed E-state index contributed by atoms with van der Waals surface area (Å²) in [5.41, 5.74) is 4.93. The fraction of sp³-hybridized carbons (Fsp3) is 0.0870. The van der Waals surface area contributed by atoms with Crippen molar-refractivity contribution in [2.45, 2.75) is 6.92 Å². The zero-order valence-corrected chi connectivity index (χ0v) is 17.1. The summed E-state index contributed by atoms with van der Waals surface area (Å²) >= 11 is 5.83. The molecule has 0 spiro atoms. The van der Waals surface area contributed by atoms with E-state index in [1.54, 1.807) is 54.6 Å². The number of nitrogens with one attached hydrogen (secondary N) is 1. The van der Waals surface area contributed by atoms with E-state index in [9.17, 15) is 9.59 Å². The number of esters is 1. The first-order valence-corrected chi connectivity index (χ1v) is 9.40. The Bertz CT molecular complexity index is 1090. The number of carbonyl (C=O) groups is 2. The quantitative estimate of drug-likeness (QED) is 0.272. The Morgan fingerprint density at radius 2 is 1.73 bits per heavy atom. The van der Waals surface area contributed by atoms with Crippen LogP contribution >= 0.6 is 11.6 Å². The molecule has 1 amide bonds. The summed E-state index contributed by atoms with van der Waals surface area (Å²) in [6.07, 6.45) is 1.48. The van der Waals surface area contributed by atoms with Gasteiger partial charge in [0.05, 0.1) is 18.9 Å². The summed E-state index contributed by atoms with van der Waals surface area (Å²) < 4.78 is 10.7. The number of hydrogen-bond donors (Lipinski definition) is 1. The van der Waals surface area contributed by atoms with E-state index in [1.807, 2.05) is 19.1 Å². The molecule has 0 saturated heterocycles. The summed E-state index contributed by atoms with van der Waals surface area (Å²) in [5.74, 6) is -0.216. The number of nitrogens with zero attached hydrogens (tertiary/aromatic N) is 1. The minimum absolute atomic E-state index is 0.263. The van der Waals surface area contributed by atoms with Crippen LogP contribution in [0.1, 0.15) is 31.8 Å². The number of hydrogen-bond acceptors (Lipinski definition) is 5. The number of hydrazone groups is 1. The maximum atomic E-state index is 12.3. The lowest BCUT2D eigenvalue weighted by Crippen LogP contribution is -2.18. The average Bonchev–Trinajstić information content (AvgIpc) is 2.75. The number of ether oxygens (including phenoxy) is 2. The van der Waals surface area contributed by atoms with Gasteiger partial charge in [0, 0.05) is 10.6 Å². The van der Waals surface area contributed by atoms with Gasteiger partial charge in [-0.25, -0.2) is 10.2 Å². The molecule has 1 N–H and O–H groups in total. The smallest absolute Gasteiger partial charge is 0.343 e. The molecule has 0 aromatic heterocycles. The van der Waals surface area contributed by atoms with Crippen molar-refractivity contribution in [1.82, 2.24) is 5.43 Å². The van der Waals surface area contributed by atoms with E-state index in [-0.39, 0.29) is 11.7 Å². The Morgan fingerprint density at radius 1 is 1.00 bits per heavy atom. The van der Waals surface area contributed by atoms with Gasteiger partial charge in [-0.2, -0.15) is 5.10 Å². The topological polar surface area (TPSA) is 77.0 Å². The minimum atomic E-state index is -0.531. The van der Waals surface area contributed by atoms with E-state index in [0.717, 1.165) is 5.56 Å². The molecule has 3 aromatic rings. The van der Waals surface area contributed by atoms with Crippen molar-refractivity contribution >= 4 is 29.7 Å². The van der Waals surface area contributed by atoms with Crippen LogP contribution in [0.5, 0.6) is 11.5 Å². The highest BCUT2D eigenvalue weighted by Crippen LogP contribution is 2.28. The van der Waals surface area contributed by atoms with Gasteiger partial charge in [0.1, 0.15) is 0 Å². The van der Waals surface area contributed by atoms with Crippen molar-refractivity contribution in [3.8, 4) is 11.5 Å². The van der Waals surface area contributed by atoms with Gasteiger partial charge in [-0.05, 0) is 66.6 Å². The number of rotatable bonds is 6. The molecule has 0 radical (unpaired) electrons. The second-order valence-corrected chi connectivity index (χ2v) is 6.76. The molecule has 3 rings (SSSR count). The van der Waals surface area contributed by atoms with Crippen LogP contribution in [0, 0.1) is 6.92 Å². The van der Waals surface area contributed by atoms with Gasteiger partial charge in [0.25, 0.3) is 5.91 Å². The van der Waals surface area contributed by atoms with Gasteiger partial charge in [-0.3, -0.25) is 4.79 Å². The van der Waals surface area contributed by atoms with Crippen molar-refractivity contribution in [2.24, 2.45) is 5.10 Å². The number of amides is 1. The van der Waals surface area contributed by atoms with Crippen molar-refractivity contribution in [1.29, 1.82) is 0 Å². The Labute approximate surface area is 179 Å². The van der Waals surface area contributed by atoms with Gasteiger partial charge in [-0.15, -0.1) is 0 Å². The fourth-order valence-corrected chi connectivity index (χ4v) is 2.77. The normalized spacial score (nSPS) is 10.6. The minimum Gasteiger partial charge on any atom is -0.493 e. The molecule has 152 valence electrons. The molecule has 0 aliphatic carbocycles. The molecule has 0 fully saturated rings. The van der Waals surface area contributed by atoms with E-state index in [0.29, 0.717) is 27.5 Å². The first kappa shape index (κ1) is 21.1. The Balaban J connectivity index is 1.68. The molecule has 3 aromatic carbocycles. The molecule has 0 aliphatic heterocycles. The number of carbonyl (C=O) groups excluding carboxylic acids is 2. The van der Waals surface area contributed by atoms with Gasteiger partial charge in [-0.1, -0.05) is 29.8 Å². The first-order valence-electron chi connectivity index (χ1n) is 9.03. The Morgan fingerprint density at radius 3 is 2.43 bits per heavy atom. The van der Waals surface area contributed by atoms with Crippen molar-refractivity contribution in [2.75, 3.05) is 7.11 Å². The van der Waals surface area contributed by atoms with Crippen LogP contribution in [0.2, 0.25) is 5.02 Å². The van der Waals surface area contributed by atoms with E-state index < -0.39 is 5.97 Å². The third-order valence-corrected chi connectivity index (χ3v) is 4.49. The van der Waals surface area contributed by atoms with Gasteiger partial charge in [0.2, 0.25) is 0 Å². The average molecular weight is 423 g/mol. The van der Waals surface area contributed by atoms with Crippen LogP contribution in [0.25, 0.3) is 0 Å². The van der Waals surface area contributed by atoms with Crippen LogP contribution in [0.15, 0.2) is 71.8 Å². The van der Waals surface area contributed by atoms with Crippen LogP contribution in [-0.4, -0.2) is 25.2 Å². The summed E-state index contributed by atoms with van der Waals surface area (Å²) in [6.45, 7) is 1.85. The zero-order chi connectivity index (χ0) is 21.5. The fourth-order valence-electron chi connectivity index (χ4n) is 2.65. The van der Waals surface area contributed by atoms with Crippen LogP contribution in [0.3, 0.4) is 0 Å². The molecule has 30 heavy (non-hydrogen) atoms. The molecular formula is C23H19ClN2O4. The largest absolute Gasteiger partial charge is 0.493 e. The van der Waals surface area contributed by atoms with E-state index in [1.165, 1.54) is 13.3 Å². The molecule has 0 heterocycles. The third-order valence-electron chi connectivity index (χ3n) is 4.24. The molecule has 7 heteroatoms. The Hall–Kier alpha value is -3.64. The van der Waals surface area contributed by atoms with E-state index in [2.05, 4.69) is 10.5 Å². The van der Waals surface area contributed by atoms with Crippen LogP contribution in [-0.2, 0) is 0 Å². The molecular weight excluding hydrogens is 404 g/mol. The SMILES string of the molecule is COc1cc(C=NNC(=O)c2ccccc2C)ccc1OC(=O)c1ccc(Cl)cc1.